The molecule has 3 heteroatoms. The standard InChI is InChI=1S/C15H18Cl2O/c1-3-4-5-11(2)15(18)9-7-12-6-8-13(16)14(17)10-12/h6-11H,3-5H2,1-2H3. The van der Waals surface area contributed by atoms with Crippen LogP contribution in [0.25, 0.3) is 6.08 Å². The van der Waals surface area contributed by atoms with Gasteiger partial charge in [-0.3, -0.25) is 4.79 Å². The number of unbranched alkanes of at least 4 members (excludes halogenated alkanes) is 1. The van der Waals surface area contributed by atoms with E-state index in [1.165, 1.54) is 0 Å². The van der Waals surface area contributed by atoms with E-state index in [2.05, 4.69) is 6.92 Å². The molecule has 0 aromatic heterocycles. The lowest BCUT2D eigenvalue weighted by atomic mass is 9.99. The van der Waals surface area contributed by atoms with Crippen molar-refractivity contribution in [3.8, 4) is 0 Å². The minimum atomic E-state index is 0.0870. The van der Waals surface area contributed by atoms with Crippen LogP contribution in [0, 0.1) is 5.92 Å². The number of carbonyl (C=O) groups is 1. The molecule has 0 fully saturated rings. The van der Waals surface area contributed by atoms with Crippen LogP contribution in [0.3, 0.4) is 0 Å². The van der Waals surface area contributed by atoms with Gasteiger partial charge in [-0.15, -0.1) is 0 Å². The fraction of sp³-hybridized carbons (Fsp3) is 0.400. The Morgan fingerprint density at radius 2 is 2.06 bits per heavy atom. The van der Waals surface area contributed by atoms with E-state index in [1.54, 1.807) is 24.3 Å². The van der Waals surface area contributed by atoms with Gasteiger partial charge in [-0.1, -0.05) is 62.0 Å². The van der Waals surface area contributed by atoms with Crippen LogP contribution in [-0.2, 0) is 4.79 Å². The van der Waals surface area contributed by atoms with E-state index in [-0.39, 0.29) is 11.7 Å². The predicted octanol–water partition coefficient (Wildman–Crippen LogP) is 5.40. The number of rotatable bonds is 6. The molecule has 1 nitrogen and oxygen atoms in total. The molecule has 0 aliphatic rings. The van der Waals surface area contributed by atoms with Crippen LogP contribution in [0.2, 0.25) is 10.0 Å². The van der Waals surface area contributed by atoms with Gasteiger partial charge in [0.15, 0.2) is 5.78 Å². The Bertz CT molecular complexity index is 438. The molecule has 1 aromatic carbocycles. The van der Waals surface area contributed by atoms with Crippen molar-refractivity contribution in [2.24, 2.45) is 5.92 Å². The molecule has 0 saturated heterocycles. The lowest BCUT2D eigenvalue weighted by Crippen LogP contribution is -2.07. The highest BCUT2D eigenvalue weighted by Crippen LogP contribution is 2.23. The van der Waals surface area contributed by atoms with Gasteiger partial charge in [0.25, 0.3) is 0 Å². The summed E-state index contributed by atoms with van der Waals surface area (Å²) in [6.07, 6.45) is 6.57. The van der Waals surface area contributed by atoms with Crippen molar-refractivity contribution in [1.29, 1.82) is 0 Å². The Morgan fingerprint density at radius 3 is 2.67 bits per heavy atom. The molecule has 0 aliphatic heterocycles. The van der Waals surface area contributed by atoms with Crippen LogP contribution in [0.5, 0.6) is 0 Å². The molecule has 0 spiro atoms. The van der Waals surface area contributed by atoms with Crippen LogP contribution in [0.1, 0.15) is 38.7 Å². The summed E-state index contributed by atoms with van der Waals surface area (Å²) in [5.74, 6) is 0.249. The number of allylic oxidation sites excluding steroid dienone is 1. The van der Waals surface area contributed by atoms with E-state index in [4.69, 9.17) is 23.2 Å². The number of halogens is 2. The second-order valence-corrected chi connectivity index (χ2v) is 5.27. The summed E-state index contributed by atoms with van der Waals surface area (Å²) in [6.45, 7) is 4.10. The Morgan fingerprint density at radius 1 is 1.33 bits per heavy atom. The highest BCUT2D eigenvalue weighted by atomic mass is 35.5. The summed E-state index contributed by atoms with van der Waals surface area (Å²) in [5.41, 5.74) is 0.889. The predicted molar refractivity (Wildman–Crippen MR) is 79.2 cm³/mol. The maximum atomic E-state index is 11.8. The van der Waals surface area contributed by atoms with Gasteiger partial charge in [0.2, 0.25) is 0 Å². The van der Waals surface area contributed by atoms with E-state index >= 15 is 0 Å². The maximum absolute atomic E-state index is 11.8. The van der Waals surface area contributed by atoms with E-state index in [0.717, 1.165) is 24.8 Å². The SMILES string of the molecule is CCCCC(C)C(=O)C=Cc1ccc(Cl)c(Cl)c1. The summed E-state index contributed by atoms with van der Waals surface area (Å²) in [7, 11) is 0. The molecule has 0 bridgehead atoms. The largest absolute Gasteiger partial charge is 0.295 e. The number of benzene rings is 1. The van der Waals surface area contributed by atoms with Crippen molar-refractivity contribution in [2.75, 3.05) is 0 Å². The van der Waals surface area contributed by atoms with E-state index < -0.39 is 0 Å². The zero-order chi connectivity index (χ0) is 13.5. The molecule has 1 unspecified atom stereocenters. The molecule has 0 N–H and O–H groups in total. The first-order valence-electron chi connectivity index (χ1n) is 6.21. The van der Waals surface area contributed by atoms with Gasteiger partial charge in [-0.05, 0) is 30.2 Å². The fourth-order valence-electron chi connectivity index (χ4n) is 1.61. The third kappa shape index (κ3) is 4.83. The van der Waals surface area contributed by atoms with Crippen LogP contribution < -0.4 is 0 Å². The quantitative estimate of drug-likeness (QED) is 0.639. The lowest BCUT2D eigenvalue weighted by Gasteiger charge is -2.05. The lowest BCUT2D eigenvalue weighted by molar-refractivity contribution is -0.117. The minimum Gasteiger partial charge on any atom is -0.295 e. The first-order chi connectivity index (χ1) is 8.54. The summed E-state index contributed by atoms with van der Waals surface area (Å²) in [6, 6.07) is 5.33. The van der Waals surface area contributed by atoms with Crippen LogP contribution in [0.4, 0.5) is 0 Å². The molecule has 1 aromatic rings. The Kier molecular flexibility index (Phi) is 6.45. The van der Waals surface area contributed by atoms with Crippen LogP contribution >= 0.6 is 23.2 Å². The third-order valence-corrected chi connectivity index (χ3v) is 3.60. The van der Waals surface area contributed by atoms with Gasteiger partial charge >= 0.3 is 0 Å². The summed E-state index contributed by atoms with van der Waals surface area (Å²) >= 11 is 11.7. The van der Waals surface area contributed by atoms with Crippen LogP contribution in [0.15, 0.2) is 24.3 Å². The van der Waals surface area contributed by atoms with Crippen molar-refractivity contribution >= 4 is 35.1 Å². The average Bonchev–Trinajstić information content (AvgIpc) is 2.36. The summed E-state index contributed by atoms with van der Waals surface area (Å²) in [4.78, 5) is 11.8. The van der Waals surface area contributed by atoms with Gasteiger partial charge in [0.1, 0.15) is 0 Å². The van der Waals surface area contributed by atoms with Gasteiger partial charge in [-0.2, -0.15) is 0 Å². The number of hydrogen-bond acceptors (Lipinski definition) is 1. The van der Waals surface area contributed by atoms with Gasteiger partial charge in [0, 0.05) is 5.92 Å². The van der Waals surface area contributed by atoms with E-state index in [0.29, 0.717) is 10.0 Å². The van der Waals surface area contributed by atoms with E-state index in [9.17, 15) is 4.79 Å². The highest BCUT2D eigenvalue weighted by molar-refractivity contribution is 6.42. The van der Waals surface area contributed by atoms with Crippen molar-refractivity contribution in [3.05, 3.63) is 39.9 Å². The number of ketones is 1. The van der Waals surface area contributed by atoms with Crippen molar-refractivity contribution in [2.45, 2.75) is 33.1 Å². The minimum absolute atomic E-state index is 0.0870. The van der Waals surface area contributed by atoms with Gasteiger partial charge < -0.3 is 0 Å². The first kappa shape index (κ1) is 15.3. The number of carbonyl (C=O) groups excluding carboxylic acids is 1. The molecule has 1 rings (SSSR count). The molecule has 0 saturated carbocycles. The molecule has 18 heavy (non-hydrogen) atoms. The Labute approximate surface area is 119 Å². The smallest absolute Gasteiger partial charge is 0.158 e. The monoisotopic (exact) mass is 284 g/mol. The molecule has 0 heterocycles. The molecular formula is C15H18Cl2O. The molecule has 0 aliphatic carbocycles. The van der Waals surface area contributed by atoms with Gasteiger partial charge in [0.05, 0.1) is 10.0 Å². The topological polar surface area (TPSA) is 17.1 Å². The van der Waals surface area contributed by atoms with Crippen molar-refractivity contribution in [1.82, 2.24) is 0 Å². The zero-order valence-electron chi connectivity index (χ0n) is 10.7. The fourth-order valence-corrected chi connectivity index (χ4v) is 1.92. The summed E-state index contributed by atoms with van der Waals surface area (Å²) < 4.78 is 0. The molecule has 0 amide bonds. The molecule has 0 radical (unpaired) electrons. The average molecular weight is 285 g/mol. The van der Waals surface area contributed by atoms with E-state index in [1.807, 2.05) is 13.0 Å². The van der Waals surface area contributed by atoms with Crippen molar-refractivity contribution in [3.63, 3.8) is 0 Å². The van der Waals surface area contributed by atoms with Crippen molar-refractivity contribution < 1.29 is 4.79 Å². The zero-order valence-corrected chi connectivity index (χ0v) is 12.3. The summed E-state index contributed by atoms with van der Waals surface area (Å²) in [5, 5.41) is 1.03. The van der Waals surface area contributed by atoms with Gasteiger partial charge in [-0.25, -0.2) is 0 Å². The maximum Gasteiger partial charge on any atom is 0.158 e. The Balaban J connectivity index is 2.62. The Hall–Kier alpha value is -0.790. The second-order valence-electron chi connectivity index (χ2n) is 4.45. The third-order valence-electron chi connectivity index (χ3n) is 2.86. The number of hydrogen-bond donors (Lipinski definition) is 0. The second kappa shape index (κ2) is 7.60. The van der Waals surface area contributed by atoms with Crippen LogP contribution in [-0.4, -0.2) is 5.78 Å². The molecular weight excluding hydrogens is 267 g/mol. The first-order valence-corrected chi connectivity index (χ1v) is 6.97. The molecule has 98 valence electrons. The highest BCUT2D eigenvalue weighted by Gasteiger charge is 2.08. The normalized spacial score (nSPS) is 12.9. The molecule has 1 atom stereocenters.